The molecule has 0 aliphatic heterocycles. The lowest BCUT2D eigenvalue weighted by Crippen LogP contribution is -2.39. The fraction of sp³-hybridized carbons (Fsp3) is 0.389. The van der Waals surface area contributed by atoms with Crippen LogP contribution in [0.3, 0.4) is 0 Å². The third kappa shape index (κ3) is 6.96. The number of ether oxygens (including phenoxy) is 2. The van der Waals surface area contributed by atoms with E-state index >= 15 is 0 Å². The van der Waals surface area contributed by atoms with Gasteiger partial charge in [-0.15, -0.1) is 0 Å². The van der Waals surface area contributed by atoms with Crippen LogP contribution in [-0.4, -0.2) is 58.4 Å². The number of aliphatic hydroxyl groups excluding tert-OH is 3. The number of methoxy groups -OCH3 is 1. The van der Waals surface area contributed by atoms with Gasteiger partial charge in [0.05, 0.1) is 7.11 Å². The van der Waals surface area contributed by atoms with Gasteiger partial charge in [-0.05, 0) is 30.2 Å². The third-order valence-corrected chi connectivity index (χ3v) is 3.33. The van der Waals surface area contributed by atoms with E-state index in [1.807, 2.05) is 6.92 Å². The van der Waals surface area contributed by atoms with Gasteiger partial charge < -0.3 is 29.9 Å². The molecule has 0 fully saturated rings. The minimum Gasteiger partial charge on any atom is -0.504 e. The molecular weight excluding hydrogens is 328 g/mol. The summed E-state index contributed by atoms with van der Waals surface area (Å²) in [5.74, 6) is -0.477. The summed E-state index contributed by atoms with van der Waals surface area (Å²) in [4.78, 5) is 11.6. The summed E-state index contributed by atoms with van der Waals surface area (Å²) >= 11 is 0. The number of hydrogen-bond donors (Lipinski definition) is 4. The van der Waals surface area contributed by atoms with Crippen molar-refractivity contribution in [1.29, 1.82) is 0 Å². The van der Waals surface area contributed by atoms with E-state index in [0.29, 0.717) is 12.0 Å². The zero-order valence-electron chi connectivity index (χ0n) is 14.2. The second kappa shape index (κ2) is 10.5. The summed E-state index contributed by atoms with van der Waals surface area (Å²) in [5, 5.41) is 38.6. The number of benzene rings is 1. The Morgan fingerprint density at radius 1 is 1.28 bits per heavy atom. The van der Waals surface area contributed by atoms with Gasteiger partial charge in [-0.3, -0.25) is 0 Å². The molecule has 0 saturated heterocycles. The van der Waals surface area contributed by atoms with Crippen molar-refractivity contribution in [3.05, 3.63) is 42.0 Å². The number of phenolic OH excluding ortho intramolecular Hbond substituents is 1. The fourth-order valence-corrected chi connectivity index (χ4v) is 1.89. The summed E-state index contributed by atoms with van der Waals surface area (Å²) in [6.07, 6.45) is 2.18. The fourth-order valence-electron chi connectivity index (χ4n) is 1.89. The molecule has 0 aromatic heterocycles. The highest BCUT2D eigenvalue weighted by Gasteiger charge is 2.23. The van der Waals surface area contributed by atoms with Crippen molar-refractivity contribution in [2.45, 2.75) is 31.7 Å². The van der Waals surface area contributed by atoms with Gasteiger partial charge in [0.1, 0.15) is 24.9 Å². The standard InChI is InChI=1S/C18H24O7/c1-3-4-5-14(20)18(23)15(21)11-25-17(22)9-7-12-6-8-13(19)16(10-12)24-2/h4-10,14-15,18-21,23H,3,11H2,1-2H3/b5-4-,9-7+. The smallest absolute Gasteiger partial charge is 0.330 e. The molecule has 7 heteroatoms. The zero-order chi connectivity index (χ0) is 18.8. The maximum Gasteiger partial charge on any atom is 0.330 e. The lowest BCUT2D eigenvalue weighted by atomic mass is 10.1. The van der Waals surface area contributed by atoms with Crippen molar-refractivity contribution in [3.8, 4) is 11.5 Å². The Bertz CT molecular complexity index is 609. The first kappa shape index (κ1) is 20.7. The normalized spacial score (nSPS) is 15.2. The molecule has 0 aliphatic rings. The number of rotatable bonds is 9. The van der Waals surface area contributed by atoms with Gasteiger partial charge in [-0.25, -0.2) is 4.79 Å². The minimum absolute atomic E-state index is 0.0185. The van der Waals surface area contributed by atoms with Crippen molar-refractivity contribution in [2.24, 2.45) is 0 Å². The Balaban J connectivity index is 2.52. The quantitative estimate of drug-likeness (QED) is 0.298. The Morgan fingerprint density at radius 2 is 2.00 bits per heavy atom. The van der Waals surface area contributed by atoms with Gasteiger partial charge in [0.2, 0.25) is 0 Å². The molecule has 1 aromatic carbocycles. The van der Waals surface area contributed by atoms with E-state index in [0.717, 1.165) is 6.08 Å². The molecule has 7 nitrogen and oxygen atoms in total. The van der Waals surface area contributed by atoms with Crippen molar-refractivity contribution in [1.82, 2.24) is 0 Å². The second-order valence-electron chi connectivity index (χ2n) is 5.28. The average molecular weight is 352 g/mol. The van der Waals surface area contributed by atoms with E-state index in [4.69, 9.17) is 9.47 Å². The molecular formula is C18H24O7. The number of esters is 1. The van der Waals surface area contributed by atoms with Crippen LogP contribution in [0.5, 0.6) is 11.5 Å². The minimum atomic E-state index is -1.46. The lowest BCUT2D eigenvalue weighted by molar-refractivity contribution is -0.144. The maximum absolute atomic E-state index is 11.6. The van der Waals surface area contributed by atoms with Crippen LogP contribution in [0, 0.1) is 0 Å². The van der Waals surface area contributed by atoms with Crippen LogP contribution in [0.4, 0.5) is 0 Å². The molecule has 138 valence electrons. The van der Waals surface area contributed by atoms with Crippen LogP contribution >= 0.6 is 0 Å². The number of carbonyl (C=O) groups is 1. The van der Waals surface area contributed by atoms with E-state index in [-0.39, 0.29) is 11.5 Å². The van der Waals surface area contributed by atoms with Crippen molar-refractivity contribution < 1.29 is 34.7 Å². The summed E-state index contributed by atoms with van der Waals surface area (Å²) in [6.45, 7) is 1.41. The highest BCUT2D eigenvalue weighted by atomic mass is 16.5. The van der Waals surface area contributed by atoms with Crippen LogP contribution in [0.1, 0.15) is 18.9 Å². The zero-order valence-corrected chi connectivity index (χ0v) is 14.2. The predicted octanol–water partition coefficient (Wildman–Crippen LogP) is 1.01. The monoisotopic (exact) mass is 352 g/mol. The molecule has 0 radical (unpaired) electrons. The molecule has 25 heavy (non-hydrogen) atoms. The number of carbonyl (C=O) groups excluding carboxylic acids is 1. The van der Waals surface area contributed by atoms with Gasteiger partial charge in [-0.1, -0.05) is 25.1 Å². The Kier molecular flexibility index (Phi) is 8.69. The van der Waals surface area contributed by atoms with E-state index in [1.54, 1.807) is 12.1 Å². The number of phenols is 1. The Morgan fingerprint density at radius 3 is 2.64 bits per heavy atom. The highest BCUT2D eigenvalue weighted by Crippen LogP contribution is 2.26. The van der Waals surface area contributed by atoms with Crippen molar-refractivity contribution in [3.63, 3.8) is 0 Å². The summed E-state index contributed by atoms with van der Waals surface area (Å²) in [7, 11) is 1.41. The molecule has 1 aromatic rings. The van der Waals surface area contributed by atoms with Crippen molar-refractivity contribution >= 4 is 12.0 Å². The van der Waals surface area contributed by atoms with E-state index < -0.39 is 30.9 Å². The van der Waals surface area contributed by atoms with Crippen LogP contribution in [0.25, 0.3) is 6.08 Å². The molecule has 0 heterocycles. The van der Waals surface area contributed by atoms with Gasteiger partial charge in [-0.2, -0.15) is 0 Å². The number of aliphatic hydroxyl groups is 3. The topological polar surface area (TPSA) is 116 Å². The van der Waals surface area contributed by atoms with Gasteiger partial charge >= 0.3 is 5.97 Å². The molecule has 4 N–H and O–H groups in total. The second-order valence-corrected chi connectivity index (χ2v) is 5.28. The van der Waals surface area contributed by atoms with E-state index in [1.165, 1.54) is 31.4 Å². The van der Waals surface area contributed by atoms with E-state index in [9.17, 15) is 25.2 Å². The Labute approximate surface area is 146 Å². The molecule has 3 atom stereocenters. The van der Waals surface area contributed by atoms with Crippen molar-refractivity contribution in [2.75, 3.05) is 13.7 Å². The SMILES string of the molecule is CC/C=C\C(O)C(O)C(O)COC(=O)/C=C/c1ccc(O)c(OC)c1. The molecule has 1 rings (SSSR count). The number of aromatic hydroxyl groups is 1. The summed E-state index contributed by atoms with van der Waals surface area (Å²) in [6, 6.07) is 4.54. The molecule has 0 amide bonds. The Hall–Kier alpha value is -2.35. The molecule has 0 spiro atoms. The largest absolute Gasteiger partial charge is 0.504 e. The first-order valence-electron chi connectivity index (χ1n) is 7.81. The van der Waals surface area contributed by atoms with Crippen LogP contribution in [0.15, 0.2) is 36.4 Å². The molecule has 0 aliphatic carbocycles. The first-order valence-corrected chi connectivity index (χ1v) is 7.81. The molecule has 3 unspecified atom stereocenters. The summed E-state index contributed by atoms with van der Waals surface area (Å²) in [5.41, 5.74) is 0.604. The average Bonchev–Trinajstić information content (AvgIpc) is 2.62. The van der Waals surface area contributed by atoms with Crippen LogP contribution in [0.2, 0.25) is 0 Å². The predicted molar refractivity (Wildman–Crippen MR) is 92.1 cm³/mol. The maximum atomic E-state index is 11.6. The number of allylic oxidation sites excluding steroid dienone is 1. The highest BCUT2D eigenvalue weighted by molar-refractivity contribution is 5.87. The lowest BCUT2D eigenvalue weighted by Gasteiger charge is -2.20. The summed E-state index contributed by atoms with van der Waals surface area (Å²) < 4.78 is 9.79. The third-order valence-electron chi connectivity index (χ3n) is 3.33. The van der Waals surface area contributed by atoms with Crippen LogP contribution in [-0.2, 0) is 9.53 Å². The first-order chi connectivity index (χ1) is 11.9. The van der Waals surface area contributed by atoms with E-state index in [2.05, 4.69) is 0 Å². The number of hydrogen-bond acceptors (Lipinski definition) is 7. The van der Waals surface area contributed by atoms with Gasteiger partial charge in [0.25, 0.3) is 0 Å². The van der Waals surface area contributed by atoms with Gasteiger partial charge in [0, 0.05) is 6.08 Å². The molecule has 0 bridgehead atoms. The van der Waals surface area contributed by atoms with Gasteiger partial charge in [0.15, 0.2) is 11.5 Å². The van der Waals surface area contributed by atoms with Crippen LogP contribution < -0.4 is 4.74 Å². The molecule has 0 saturated carbocycles.